The van der Waals surface area contributed by atoms with Crippen LogP contribution in [0.1, 0.15) is 37.7 Å². The predicted molar refractivity (Wildman–Crippen MR) is 132 cm³/mol. The molecule has 1 amide bonds. The molecule has 2 aliphatic carbocycles. The fourth-order valence-electron chi connectivity index (χ4n) is 4.77. The number of Topliss-reactive ketones (excluding diaryl/α,β-unsaturated/α-hetero) is 1. The van der Waals surface area contributed by atoms with Crippen LogP contribution >= 0.6 is 34.8 Å². The molecular weight excluding hydrogens is 517 g/mol. The quantitative estimate of drug-likeness (QED) is 0.403. The highest BCUT2D eigenvalue weighted by molar-refractivity contribution is 6.47. The van der Waals surface area contributed by atoms with Crippen LogP contribution in [-0.2, 0) is 20.8 Å². The van der Waals surface area contributed by atoms with E-state index in [1.807, 2.05) is 0 Å². The Kier molecular flexibility index (Phi) is 7.47. The van der Waals surface area contributed by atoms with Crippen molar-refractivity contribution in [2.24, 2.45) is 5.41 Å². The van der Waals surface area contributed by atoms with Crippen molar-refractivity contribution in [3.8, 4) is 0 Å². The Morgan fingerprint density at radius 3 is 2.34 bits per heavy atom. The summed E-state index contributed by atoms with van der Waals surface area (Å²) < 4.78 is 0. The van der Waals surface area contributed by atoms with Gasteiger partial charge in [-0.3, -0.25) is 19.9 Å². The second-order valence-electron chi connectivity index (χ2n) is 8.91. The molecule has 3 aliphatic rings. The SMILES string of the molecule is O=C(Nc1ccc(C[C@H](NC2=C(Cl)C(=O)C23CCCCC3)C(=O)O)cc1)C1=C(Cl)CN(O)C=C1Cl. The number of nitrogens with one attached hydrogen (secondary N) is 2. The highest BCUT2D eigenvalue weighted by atomic mass is 35.5. The molecule has 1 aromatic rings. The van der Waals surface area contributed by atoms with Gasteiger partial charge in [-0.25, -0.2) is 4.79 Å². The van der Waals surface area contributed by atoms with Gasteiger partial charge in [-0.2, -0.15) is 0 Å². The Morgan fingerprint density at radius 2 is 1.74 bits per heavy atom. The number of carbonyl (C=O) groups excluding carboxylic acids is 2. The maximum Gasteiger partial charge on any atom is 0.326 e. The Hall–Kier alpha value is -2.52. The van der Waals surface area contributed by atoms with Crippen LogP contribution in [0, 0.1) is 5.41 Å². The van der Waals surface area contributed by atoms with Crippen molar-refractivity contribution in [1.82, 2.24) is 10.4 Å². The highest BCUT2D eigenvalue weighted by Crippen LogP contribution is 2.52. The number of anilines is 1. The number of halogens is 3. The molecule has 4 N–H and O–H groups in total. The molecular formula is C24H24Cl3N3O5. The van der Waals surface area contributed by atoms with E-state index in [4.69, 9.17) is 34.8 Å². The van der Waals surface area contributed by atoms with E-state index in [1.165, 1.54) is 6.20 Å². The van der Waals surface area contributed by atoms with E-state index in [0.717, 1.165) is 24.3 Å². The number of hydrogen-bond acceptors (Lipinski definition) is 6. The first-order valence-corrected chi connectivity index (χ1v) is 12.3. The van der Waals surface area contributed by atoms with Crippen molar-refractivity contribution in [1.29, 1.82) is 0 Å². The van der Waals surface area contributed by atoms with Crippen molar-refractivity contribution in [2.45, 2.75) is 44.6 Å². The van der Waals surface area contributed by atoms with Crippen molar-refractivity contribution in [2.75, 3.05) is 11.9 Å². The third-order valence-corrected chi connectivity index (χ3v) is 7.56. The van der Waals surface area contributed by atoms with Gasteiger partial charge in [-0.1, -0.05) is 66.2 Å². The van der Waals surface area contributed by atoms with Gasteiger partial charge in [-0.15, -0.1) is 0 Å². The first kappa shape index (κ1) is 25.6. The molecule has 4 rings (SSSR count). The fraction of sp³-hybridized carbons (Fsp3) is 0.375. The lowest BCUT2D eigenvalue weighted by atomic mass is 9.62. The van der Waals surface area contributed by atoms with Crippen LogP contribution in [0.3, 0.4) is 0 Å². The van der Waals surface area contributed by atoms with Crippen LogP contribution in [0.5, 0.6) is 0 Å². The predicted octanol–water partition coefficient (Wildman–Crippen LogP) is 4.47. The molecule has 0 bridgehead atoms. The molecule has 1 aromatic carbocycles. The third kappa shape index (κ3) is 5.07. The average molecular weight is 541 g/mol. The number of carboxylic acid groups (broad SMARTS) is 1. The summed E-state index contributed by atoms with van der Waals surface area (Å²) in [6, 6.07) is 5.72. The number of nitrogens with zero attached hydrogens (tertiary/aromatic N) is 1. The van der Waals surface area contributed by atoms with Crippen molar-refractivity contribution in [3.63, 3.8) is 0 Å². The van der Waals surface area contributed by atoms with E-state index < -0.39 is 23.3 Å². The monoisotopic (exact) mass is 539 g/mol. The fourth-order valence-corrected chi connectivity index (χ4v) is 5.86. The van der Waals surface area contributed by atoms with Crippen LogP contribution in [-0.4, -0.2) is 45.6 Å². The number of carboxylic acids is 1. The summed E-state index contributed by atoms with van der Waals surface area (Å²) in [5, 5.41) is 26.0. The number of benzene rings is 1. The van der Waals surface area contributed by atoms with Crippen LogP contribution in [0.4, 0.5) is 5.69 Å². The molecule has 1 fully saturated rings. The van der Waals surface area contributed by atoms with Crippen LogP contribution < -0.4 is 10.6 Å². The molecule has 35 heavy (non-hydrogen) atoms. The molecule has 8 nitrogen and oxygen atoms in total. The van der Waals surface area contributed by atoms with Gasteiger partial charge in [0.25, 0.3) is 5.91 Å². The van der Waals surface area contributed by atoms with E-state index in [9.17, 15) is 24.7 Å². The number of amides is 1. The molecule has 1 saturated carbocycles. The number of ketones is 1. The minimum atomic E-state index is -1.05. The first-order valence-electron chi connectivity index (χ1n) is 11.2. The summed E-state index contributed by atoms with van der Waals surface area (Å²) in [5.74, 6) is -1.68. The number of carbonyl (C=O) groups is 3. The molecule has 0 aromatic heterocycles. The van der Waals surface area contributed by atoms with E-state index in [1.54, 1.807) is 24.3 Å². The Labute approximate surface area is 217 Å². The van der Waals surface area contributed by atoms with Gasteiger partial charge in [-0.05, 0) is 30.5 Å². The summed E-state index contributed by atoms with van der Waals surface area (Å²) in [5.41, 5.74) is 1.11. The minimum Gasteiger partial charge on any atom is -0.480 e. The summed E-state index contributed by atoms with van der Waals surface area (Å²) in [4.78, 5) is 37.1. The molecule has 0 unspecified atom stereocenters. The topological polar surface area (TPSA) is 119 Å². The minimum absolute atomic E-state index is 0.00595. The van der Waals surface area contributed by atoms with Crippen molar-refractivity contribution < 1.29 is 24.7 Å². The zero-order valence-electron chi connectivity index (χ0n) is 18.6. The van der Waals surface area contributed by atoms with Gasteiger partial charge in [0.05, 0.1) is 27.6 Å². The van der Waals surface area contributed by atoms with Gasteiger partial charge in [0.2, 0.25) is 0 Å². The van der Waals surface area contributed by atoms with Gasteiger partial charge in [0.1, 0.15) is 11.1 Å². The van der Waals surface area contributed by atoms with Crippen LogP contribution in [0.15, 0.2) is 56.8 Å². The van der Waals surface area contributed by atoms with E-state index in [-0.39, 0.29) is 39.4 Å². The number of hydroxylamine groups is 2. The largest absolute Gasteiger partial charge is 0.480 e. The molecule has 0 radical (unpaired) electrons. The number of hydrogen-bond donors (Lipinski definition) is 4. The van der Waals surface area contributed by atoms with Crippen LogP contribution in [0.25, 0.3) is 0 Å². The summed E-state index contributed by atoms with van der Waals surface area (Å²) >= 11 is 18.3. The Bertz CT molecular complexity index is 1150. The molecule has 1 spiro atoms. The summed E-state index contributed by atoms with van der Waals surface area (Å²) in [7, 11) is 0. The molecule has 1 atom stereocenters. The summed E-state index contributed by atoms with van der Waals surface area (Å²) in [6.07, 6.45) is 5.58. The van der Waals surface area contributed by atoms with Crippen molar-refractivity contribution in [3.05, 3.63) is 62.4 Å². The van der Waals surface area contributed by atoms with Gasteiger partial charge < -0.3 is 15.7 Å². The average Bonchev–Trinajstić information content (AvgIpc) is 2.82. The zero-order chi connectivity index (χ0) is 25.3. The summed E-state index contributed by atoms with van der Waals surface area (Å²) in [6.45, 7) is -0.0591. The van der Waals surface area contributed by atoms with Gasteiger partial charge >= 0.3 is 5.97 Å². The van der Waals surface area contributed by atoms with Gasteiger partial charge in [0.15, 0.2) is 5.78 Å². The second-order valence-corrected chi connectivity index (χ2v) is 10.1. The standard InChI is InChI=1S/C24H24Cl3N3O5/c25-15-11-30(35)12-16(26)18(15)22(32)28-14-6-4-13(5-7-14)10-17(23(33)34)29-20-19(27)21(31)24(20)8-2-1-3-9-24/h4-7,11,17,29,35H,1-3,8-10,12H2,(H,28,32)(H,33,34)/t17-/m0/s1. The lowest BCUT2D eigenvalue weighted by Crippen LogP contribution is -2.53. The molecule has 0 saturated heterocycles. The normalized spacial score (nSPS) is 20.4. The second kappa shape index (κ2) is 10.2. The molecule has 186 valence electrons. The number of allylic oxidation sites excluding steroid dienone is 2. The molecule has 1 aliphatic heterocycles. The van der Waals surface area contributed by atoms with E-state index in [0.29, 0.717) is 29.8 Å². The number of aliphatic carboxylic acids is 1. The smallest absolute Gasteiger partial charge is 0.326 e. The van der Waals surface area contributed by atoms with E-state index in [2.05, 4.69) is 10.6 Å². The lowest BCUT2D eigenvalue weighted by Gasteiger charge is -2.45. The maximum absolute atomic E-state index is 12.6. The molecule has 1 heterocycles. The Balaban J connectivity index is 1.43. The van der Waals surface area contributed by atoms with Crippen molar-refractivity contribution >= 4 is 58.1 Å². The van der Waals surface area contributed by atoms with E-state index >= 15 is 0 Å². The lowest BCUT2D eigenvalue weighted by molar-refractivity contribution is -0.140. The maximum atomic E-state index is 12.6. The highest BCUT2D eigenvalue weighted by Gasteiger charge is 2.54. The zero-order valence-corrected chi connectivity index (χ0v) is 20.9. The Morgan fingerprint density at radius 1 is 1.09 bits per heavy atom. The molecule has 11 heteroatoms. The first-order chi connectivity index (χ1) is 16.6. The van der Waals surface area contributed by atoms with Gasteiger partial charge in [0, 0.05) is 24.0 Å². The number of rotatable bonds is 7. The third-order valence-electron chi connectivity index (χ3n) is 6.61. The van der Waals surface area contributed by atoms with Crippen LogP contribution in [0.2, 0.25) is 0 Å².